The van der Waals surface area contributed by atoms with E-state index < -0.39 is 5.69 Å². The van der Waals surface area contributed by atoms with Gasteiger partial charge in [0.05, 0.1) is 11.6 Å². The molecule has 1 amide bonds. The quantitative estimate of drug-likeness (QED) is 0.862. The van der Waals surface area contributed by atoms with Gasteiger partial charge in [-0.05, 0) is 24.3 Å². The van der Waals surface area contributed by atoms with E-state index in [-0.39, 0.29) is 24.1 Å². The summed E-state index contributed by atoms with van der Waals surface area (Å²) in [6.45, 7) is 1.08. The van der Waals surface area contributed by atoms with Gasteiger partial charge in [-0.15, -0.1) is 11.3 Å². The number of ether oxygens (including phenoxy) is 1. The van der Waals surface area contributed by atoms with Crippen molar-refractivity contribution < 1.29 is 9.53 Å². The van der Waals surface area contributed by atoms with Crippen LogP contribution >= 0.6 is 11.3 Å². The van der Waals surface area contributed by atoms with Crippen LogP contribution in [-0.4, -0.2) is 34.3 Å². The normalized spacial score (nSPS) is 18.0. The zero-order chi connectivity index (χ0) is 15.7. The molecule has 0 aliphatic carbocycles. The monoisotopic (exact) mass is 323 g/mol. The first kappa shape index (κ1) is 15.0. The second-order valence-corrected chi connectivity index (χ2v) is 6.22. The first-order valence-corrected chi connectivity index (χ1v) is 8.01. The van der Waals surface area contributed by atoms with Gasteiger partial charge in [0, 0.05) is 20.2 Å². The number of hydrogen-bond acceptors (Lipinski definition) is 5. The molecule has 8 heteroatoms. The van der Waals surface area contributed by atoms with Gasteiger partial charge in [-0.2, -0.15) is 0 Å². The highest BCUT2D eigenvalue weighted by molar-refractivity contribution is 7.17. The Balaban J connectivity index is 1.81. The van der Waals surface area contributed by atoms with E-state index >= 15 is 0 Å². The molecular weight excluding hydrogens is 306 g/mol. The largest absolute Gasteiger partial charge is 0.376 e. The molecule has 1 unspecified atom stereocenters. The minimum absolute atomic E-state index is 0.0574. The van der Waals surface area contributed by atoms with Crippen molar-refractivity contribution in [3.63, 3.8) is 0 Å². The van der Waals surface area contributed by atoms with E-state index in [0.29, 0.717) is 16.8 Å². The molecule has 1 saturated heterocycles. The van der Waals surface area contributed by atoms with Gasteiger partial charge in [0.25, 0.3) is 5.56 Å². The van der Waals surface area contributed by atoms with Crippen LogP contribution in [0.15, 0.2) is 21.0 Å². The summed E-state index contributed by atoms with van der Waals surface area (Å²) in [5.41, 5.74) is -0.306. The van der Waals surface area contributed by atoms with Gasteiger partial charge < -0.3 is 10.1 Å². The average Bonchev–Trinajstić information content (AvgIpc) is 3.18. The molecule has 7 nitrogen and oxygen atoms in total. The summed E-state index contributed by atoms with van der Waals surface area (Å²) in [5.74, 6) is -0.260. The van der Waals surface area contributed by atoms with Gasteiger partial charge in [-0.3, -0.25) is 18.7 Å². The lowest BCUT2D eigenvalue weighted by atomic mass is 10.2. The maximum atomic E-state index is 12.2. The van der Waals surface area contributed by atoms with Crippen molar-refractivity contribution >= 4 is 27.5 Å². The third-order valence-corrected chi connectivity index (χ3v) is 4.70. The number of hydrogen-bond donors (Lipinski definition) is 1. The SMILES string of the molecule is Cn1c(=O)c2sccc2n(CC(=O)NCC2CCCO2)c1=O. The molecule has 118 valence electrons. The molecule has 0 aromatic carbocycles. The standard InChI is InChI=1S/C14H17N3O4S/c1-16-13(19)12-10(4-6-22-12)17(14(16)20)8-11(18)15-7-9-3-2-5-21-9/h4,6,9H,2-3,5,7-8H2,1H3,(H,15,18). The van der Waals surface area contributed by atoms with Gasteiger partial charge >= 0.3 is 5.69 Å². The summed E-state index contributed by atoms with van der Waals surface area (Å²) in [5, 5.41) is 4.53. The Morgan fingerprint density at radius 1 is 1.50 bits per heavy atom. The molecule has 1 aliphatic rings. The van der Waals surface area contributed by atoms with Crippen LogP contribution < -0.4 is 16.6 Å². The Morgan fingerprint density at radius 3 is 3.05 bits per heavy atom. The van der Waals surface area contributed by atoms with Crippen molar-refractivity contribution in [2.75, 3.05) is 13.2 Å². The highest BCUT2D eigenvalue weighted by Gasteiger charge is 2.18. The summed E-state index contributed by atoms with van der Waals surface area (Å²) in [6, 6.07) is 1.69. The minimum atomic E-state index is -0.483. The van der Waals surface area contributed by atoms with Crippen LogP contribution in [0.25, 0.3) is 10.2 Å². The maximum Gasteiger partial charge on any atom is 0.331 e. The van der Waals surface area contributed by atoms with Crippen LogP contribution in [0.3, 0.4) is 0 Å². The van der Waals surface area contributed by atoms with Crippen LogP contribution in [0.2, 0.25) is 0 Å². The van der Waals surface area contributed by atoms with Gasteiger partial charge in [-0.25, -0.2) is 4.79 Å². The molecule has 0 bridgehead atoms. The van der Waals surface area contributed by atoms with Crippen molar-refractivity contribution in [2.45, 2.75) is 25.5 Å². The van der Waals surface area contributed by atoms with Crippen LogP contribution in [0.4, 0.5) is 0 Å². The summed E-state index contributed by atoms with van der Waals surface area (Å²) >= 11 is 1.27. The van der Waals surface area contributed by atoms with Gasteiger partial charge in [-0.1, -0.05) is 0 Å². The zero-order valence-corrected chi connectivity index (χ0v) is 13.0. The molecule has 0 saturated carbocycles. The number of carbonyl (C=O) groups is 1. The molecule has 3 rings (SSSR count). The van der Waals surface area contributed by atoms with Crippen LogP contribution in [0.1, 0.15) is 12.8 Å². The highest BCUT2D eigenvalue weighted by Crippen LogP contribution is 2.15. The smallest absolute Gasteiger partial charge is 0.331 e. The molecular formula is C14H17N3O4S. The van der Waals surface area contributed by atoms with Crippen molar-refractivity contribution in [3.05, 3.63) is 32.3 Å². The van der Waals surface area contributed by atoms with E-state index in [1.807, 2.05) is 0 Å². The lowest BCUT2D eigenvalue weighted by molar-refractivity contribution is -0.122. The molecule has 22 heavy (non-hydrogen) atoms. The van der Waals surface area contributed by atoms with E-state index in [0.717, 1.165) is 24.0 Å². The predicted molar refractivity (Wildman–Crippen MR) is 83.3 cm³/mol. The van der Waals surface area contributed by atoms with E-state index in [1.54, 1.807) is 11.4 Å². The van der Waals surface area contributed by atoms with E-state index in [2.05, 4.69) is 5.32 Å². The van der Waals surface area contributed by atoms with Crippen molar-refractivity contribution in [2.24, 2.45) is 7.05 Å². The fourth-order valence-electron chi connectivity index (χ4n) is 2.58. The van der Waals surface area contributed by atoms with E-state index in [1.165, 1.54) is 23.0 Å². The van der Waals surface area contributed by atoms with E-state index in [4.69, 9.17) is 4.74 Å². The minimum Gasteiger partial charge on any atom is -0.376 e. The number of nitrogens with zero attached hydrogens (tertiary/aromatic N) is 2. The Morgan fingerprint density at radius 2 is 2.32 bits per heavy atom. The number of fused-ring (bicyclic) bond motifs is 1. The van der Waals surface area contributed by atoms with Gasteiger partial charge in [0.2, 0.25) is 5.91 Å². The molecule has 1 atom stereocenters. The van der Waals surface area contributed by atoms with E-state index in [9.17, 15) is 14.4 Å². The van der Waals surface area contributed by atoms with Gasteiger partial charge in [0.1, 0.15) is 11.2 Å². The van der Waals surface area contributed by atoms with Crippen molar-refractivity contribution in [3.8, 4) is 0 Å². The fraction of sp³-hybridized carbons (Fsp3) is 0.500. The number of thiophene rings is 1. The Labute approximate surface area is 130 Å². The zero-order valence-electron chi connectivity index (χ0n) is 12.2. The molecule has 0 spiro atoms. The third-order valence-electron chi connectivity index (χ3n) is 3.80. The topological polar surface area (TPSA) is 82.3 Å². The summed E-state index contributed by atoms with van der Waals surface area (Å²) in [6.07, 6.45) is 2.01. The number of amides is 1. The molecule has 3 heterocycles. The highest BCUT2D eigenvalue weighted by atomic mass is 32.1. The van der Waals surface area contributed by atoms with Crippen molar-refractivity contribution in [1.82, 2.24) is 14.5 Å². The lowest BCUT2D eigenvalue weighted by Crippen LogP contribution is -2.41. The second kappa shape index (κ2) is 6.05. The third kappa shape index (κ3) is 2.71. The van der Waals surface area contributed by atoms with Crippen LogP contribution in [-0.2, 0) is 23.1 Å². The molecule has 1 N–H and O–H groups in total. The number of nitrogens with one attached hydrogen (secondary N) is 1. The number of aromatic nitrogens is 2. The molecule has 1 aliphatic heterocycles. The summed E-state index contributed by atoms with van der Waals surface area (Å²) in [7, 11) is 1.42. The molecule has 2 aromatic heterocycles. The predicted octanol–water partition coefficient (Wildman–Crippen LogP) is 0.0569. The molecule has 1 fully saturated rings. The summed E-state index contributed by atoms with van der Waals surface area (Å²) in [4.78, 5) is 36.3. The fourth-order valence-corrected chi connectivity index (χ4v) is 3.45. The number of carbonyl (C=O) groups excluding carboxylic acids is 1. The Kier molecular flexibility index (Phi) is 4.12. The first-order chi connectivity index (χ1) is 10.6. The molecule has 2 aromatic rings. The van der Waals surface area contributed by atoms with Crippen LogP contribution in [0.5, 0.6) is 0 Å². The van der Waals surface area contributed by atoms with Gasteiger partial charge in [0.15, 0.2) is 0 Å². The summed E-state index contributed by atoms with van der Waals surface area (Å²) < 4.78 is 8.29. The first-order valence-electron chi connectivity index (χ1n) is 7.13. The number of rotatable bonds is 4. The lowest BCUT2D eigenvalue weighted by Gasteiger charge is -2.12. The maximum absolute atomic E-state index is 12.2. The molecule has 0 radical (unpaired) electrons. The second-order valence-electron chi connectivity index (χ2n) is 5.31. The van der Waals surface area contributed by atoms with Crippen molar-refractivity contribution in [1.29, 1.82) is 0 Å². The Bertz CT molecular complexity index is 814. The Hall–Kier alpha value is -1.93. The van der Waals surface area contributed by atoms with Crippen LogP contribution in [0, 0.1) is 0 Å². The average molecular weight is 323 g/mol.